The van der Waals surface area contributed by atoms with Crippen LogP contribution in [0.2, 0.25) is 0 Å². The van der Waals surface area contributed by atoms with E-state index < -0.39 is 0 Å². The molecule has 1 N–H and O–H groups in total. The molecule has 0 heterocycles. The molecule has 0 aromatic heterocycles. The third-order valence-electron chi connectivity index (χ3n) is 7.41. The van der Waals surface area contributed by atoms with Crippen LogP contribution in [-0.2, 0) is 0 Å². The molecule has 0 amide bonds. The molecular formula is C37H68O. The summed E-state index contributed by atoms with van der Waals surface area (Å²) in [5, 5.41) is 10.2. The molecule has 0 radical (unpaired) electrons. The van der Waals surface area contributed by atoms with Gasteiger partial charge in [-0.25, -0.2) is 0 Å². The van der Waals surface area contributed by atoms with Crippen molar-refractivity contribution < 1.29 is 5.11 Å². The summed E-state index contributed by atoms with van der Waals surface area (Å²) in [6, 6.07) is 0. The molecule has 222 valence electrons. The van der Waals surface area contributed by atoms with E-state index in [4.69, 9.17) is 0 Å². The van der Waals surface area contributed by atoms with E-state index in [1.165, 1.54) is 154 Å². The van der Waals surface area contributed by atoms with Gasteiger partial charge in [-0.3, -0.25) is 0 Å². The van der Waals surface area contributed by atoms with Gasteiger partial charge in [-0.15, -0.1) is 0 Å². The molecule has 0 aliphatic carbocycles. The number of rotatable bonds is 30. The highest BCUT2D eigenvalue weighted by molar-refractivity contribution is 4.85. The van der Waals surface area contributed by atoms with E-state index in [9.17, 15) is 5.11 Å². The normalized spacial score (nSPS) is 13.2. The van der Waals surface area contributed by atoms with Crippen LogP contribution >= 0.6 is 0 Å². The molecule has 0 saturated carbocycles. The van der Waals surface area contributed by atoms with Gasteiger partial charge >= 0.3 is 0 Å². The summed E-state index contributed by atoms with van der Waals surface area (Å²) in [4.78, 5) is 0. The Hall–Kier alpha value is -1.08. The average molecular weight is 529 g/mol. The average Bonchev–Trinajstić information content (AvgIpc) is 2.92. The highest BCUT2D eigenvalue weighted by atomic mass is 16.3. The first-order valence-electron chi connectivity index (χ1n) is 17.1. The zero-order valence-corrected chi connectivity index (χ0v) is 26.0. The first-order valence-corrected chi connectivity index (χ1v) is 17.1. The topological polar surface area (TPSA) is 20.2 Å². The van der Waals surface area contributed by atoms with Crippen LogP contribution in [0.1, 0.15) is 181 Å². The zero-order chi connectivity index (χ0) is 27.6. The molecule has 0 saturated heterocycles. The van der Waals surface area contributed by atoms with Crippen molar-refractivity contribution in [1.82, 2.24) is 0 Å². The van der Waals surface area contributed by atoms with Crippen LogP contribution in [0.4, 0.5) is 0 Å². The lowest BCUT2D eigenvalue weighted by Gasteiger charge is -2.09. The van der Waals surface area contributed by atoms with Crippen molar-refractivity contribution in [3.05, 3.63) is 48.6 Å². The lowest BCUT2D eigenvalue weighted by Crippen LogP contribution is -2.05. The maximum absolute atomic E-state index is 10.2. The van der Waals surface area contributed by atoms with Crippen molar-refractivity contribution in [2.75, 3.05) is 0 Å². The number of hydrogen-bond acceptors (Lipinski definition) is 1. The quantitative estimate of drug-likeness (QED) is 0.0726. The van der Waals surface area contributed by atoms with Crippen LogP contribution in [0, 0.1) is 0 Å². The van der Waals surface area contributed by atoms with E-state index >= 15 is 0 Å². The predicted octanol–water partition coefficient (Wildman–Crippen LogP) is 12.8. The van der Waals surface area contributed by atoms with Crippen LogP contribution in [0.25, 0.3) is 0 Å². The highest BCUT2D eigenvalue weighted by Gasteiger charge is 2.03. The minimum Gasteiger partial charge on any atom is -0.393 e. The Morgan fingerprint density at radius 3 is 0.842 bits per heavy atom. The number of aliphatic hydroxyl groups excluding tert-OH is 1. The lowest BCUT2D eigenvalue weighted by molar-refractivity contribution is 0.147. The zero-order valence-electron chi connectivity index (χ0n) is 26.0. The van der Waals surface area contributed by atoms with Gasteiger partial charge in [-0.1, -0.05) is 114 Å². The first kappa shape index (κ1) is 36.9. The van der Waals surface area contributed by atoms with Crippen molar-refractivity contribution in [2.24, 2.45) is 0 Å². The molecule has 0 rings (SSSR count). The van der Waals surface area contributed by atoms with Crippen LogP contribution in [-0.4, -0.2) is 11.2 Å². The van der Waals surface area contributed by atoms with E-state index in [1.807, 2.05) is 0 Å². The van der Waals surface area contributed by atoms with Crippen LogP contribution in [0.15, 0.2) is 48.6 Å². The second-order valence-corrected chi connectivity index (χ2v) is 11.4. The molecule has 0 unspecified atom stereocenters. The van der Waals surface area contributed by atoms with Crippen molar-refractivity contribution >= 4 is 0 Å². The lowest BCUT2D eigenvalue weighted by atomic mass is 10.0. The van der Waals surface area contributed by atoms with Gasteiger partial charge in [0.05, 0.1) is 6.10 Å². The molecular weight excluding hydrogens is 460 g/mol. The van der Waals surface area contributed by atoms with E-state index in [0.717, 1.165) is 12.8 Å². The molecule has 0 aliphatic heterocycles. The van der Waals surface area contributed by atoms with E-state index in [0.29, 0.717) is 0 Å². The Labute approximate surface area is 240 Å². The molecule has 0 atom stereocenters. The molecule has 0 aliphatic rings. The second-order valence-electron chi connectivity index (χ2n) is 11.4. The standard InChI is InChI=1S/C37H68O/c1-3-5-7-9-11-13-15-17-19-21-23-25-27-29-31-33-35-37(38)36-34-32-30-28-26-24-22-20-18-16-14-12-10-8-6-4-2/h11-14,23-26,37-38H,3-10,15-22,27-36H2,1-2H3. The summed E-state index contributed by atoms with van der Waals surface area (Å²) in [7, 11) is 0. The van der Waals surface area contributed by atoms with Gasteiger partial charge in [-0.05, 0) is 116 Å². The number of aliphatic hydroxyl groups is 1. The van der Waals surface area contributed by atoms with Crippen LogP contribution in [0.5, 0.6) is 0 Å². The molecule has 1 heteroatoms. The Morgan fingerprint density at radius 1 is 0.342 bits per heavy atom. The molecule has 0 aromatic rings. The first-order chi connectivity index (χ1) is 18.8. The van der Waals surface area contributed by atoms with Gasteiger partial charge in [0.2, 0.25) is 0 Å². The molecule has 38 heavy (non-hydrogen) atoms. The minimum absolute atomic E-state index is 0.0810. The van der Waals surface area contributed by atoms with Gasteiger partial charge in [0, 0.05) is 0 Å². The third kappa shape index (κ3) is 32.9. The van der Waals surface area contributed by atoms with Gasteiger partial charge in [0.15, 0.2) is 0 Å². The SMILES string of the molecule is CCCCCC=CCCCCC=CCCCCCC(O)CCCCCC=CCCCCC=CCCCCC. The Balaban J connectivity index is 3.32. The molecule has 0 fully saturated rings. The smallest absolute Gasteiger partial charge is 0.0540 e. The van der Waals surface area contributed by atoms with Gasteiger partial charge < -0.3 is 5.11 Å². The van der Waals surface area contributed by atoms with E-state index in [2.05, 4.69) is 62.5 Å². The van der Waals surface area contributed by atoms with Crippen molar-refractivity contribution in [2.45, 2.75) is 187 Å². The third-order valence-corrected chi connectivity index (χ3v) is 7.41. The van der Waals surface area contributed by atoms with E-state index in [-0.39, 0.29) is 6.10 Å². The Morgan fingerprint density at radius 2 is 0.579 bits per heavy atom. The molecule has 1 nitrogen and oxygen atoms in total. The molecule has 0 bridgehead atoms. The van der Waals surface area contributed by atoms with Crippen molar-refractivity contribution in [1.29, 1.82) is 0 Å². The van der Waals surface area contributed by atoms with Gasteiger partial charge in [-0.2, -0.15) is 0 Å². The van der Waals surface area contributed by atoms with Crippen LogP contribution in [0.3, 0.4) is 0 Å². The fraction of sp³-hybridized carbons (Fsp3) is 0.784. The monoisotopic (exact) mass is 529 g/mol. The van der Waals surface area contributed by atoms with Crippen molar-refractivity contribution in [3.8, 4) is 0 Å². The van der Waals surface area contributed by atoms with E-state index in [1.54, 1.807) is 0 Å². The maximum Gasteiger partial charge on any atom is 0.0540 e. The largest absolute Gasteiger partial charge is 0.393 e. The van der Waals surface area contributed by atoms with Gasteiger partial charge in [0.25, 0.3) is 0 Å². The summed E-state index contributed by atoms with van der Waals surface area (Å²) in [5.74, 6) is 0. The highest BCUT2D eigenvalue weighted by Crippen LogP contribution is 2.13. The van der Waals surface area contributed by atoms with Crippen molar-refractivity contribution in [3.63, 3.8) is 0 Å². The Kier molecular flexibility index (Phi) is 33.0. The Bertz CT molecular complexity index is 493. The summed E-state index contributed by atoms with van der Waals surface area (Å²) in [6.45, 7) is 4.53. The fourth-order valence-electron chi connectivity index (χ4n) is 4.80. The fourth-order valence-corrected chi connectivity index (χ4v) is 4.80. The summed E-state index contributed by atoms with van der Waals surface area (Å²) < 4.78 is 0. The summed E-state index contributed by atoms with van der Waals surface area (Å²) >= 11 is 0. The summed E-state index contributed by atoms with van der Waals surface area (Å²) in [6.07, 6.45) is 51.6. The predicted molar refractivity (Wildman–Crippen MR) is 174 cm³/mol. The summed E-state index contributed by atoms with van der Waals surface area (Å²) in [5.41, 5.74) is 0. The second kappa shape index (κ2) is 33.9. The maximum atomic E-state index is 10.2. The molecule has 0 spiro atoms. The van der Waals surface area contributed by atoms with Crippen LogP contribution < -0.4 is 0 Å². The minimum atomic E-state index is -0.0810. The molecule has 0 aromatic carbocycles. The van der Waals surface area contributed by atoms with Gasteiger partial charge in [0.1, 0.15) is 0 Å². The number of hydrogen-bond donors (Lipinski definition) is 1. The number of allylic oxidation sites excluding steroid dienone is 8. The number of unbranched alkanes of at least 4 members (excludes halogenated alkanes) is 18.